The van der Waals surface area contributed by atoms with Crippen molar-refractivity contribution in [3.8, 4) is 5.75 Å². The first-order valence-electron chi connectivity index (χ1n) is 8.50. The molecular weight excluding hydrogens is 324 g/mol. The molecule has 2 N–H and O–H groups in total. The molecule has 0 atom stereocenters. The predicted octanol–water partition coefficient (Wildman–Crippen LogP) is 4.85. The third-order valence-electron chi connectivity index (χ3n) is 3.83. The van der Waals surface area contributed by atoms with E-state index in [9.17, 15) is 4.79 Å². The second kappa shape index (κ2) is 8.21. The van der Waals surface area contributed by atoms with Crippen LogP contribution in [-0.2, 0) is 4.79 Å². The van der Waals surface area contributed by atoms with Gasteiger partial charge >= 0.3 is 0 Å². The molecule has 3 rings (SSSR count). The summed E-state index contributed by atoms with van der Waals surface area (Å²) in [6.45, 7) is 6.34. The quantitative estimate of drug-likeness (QED) is 0.602. The standard InChI is InChI=1S/C22H22N2O2/c1-16(2)15-26-21-10-6-5-9-20(21)23-14-22(25)24-19-12-11-17-7-3-4-8-18(17)13-19/h3-13,23H,1,14-15H2,2H3,(H,24,25). The minimum atomic E-state index is -0.116. The van der Waals surface area contributed by atoms with Crippen LogP contribution in [-0.4, -0.2) is 19.1 Å². The monoisotopic (exact) mass is 346 g/mol. The third kappa shape index (κ3) is 4.63. The molecule has 4 nitrogen and oxygen atoms in total. The number of carbonyl (C=O) groups is 1. The highest BCUT2D eigenvalue weighted by Crippen LogP contribution is 2.24. The van der Waals surface area contributed by atoms with E-state index in [4.69, 9.17) is 4.74 Å². The van der Waals surface area contributed by atoms with Gasteiger partial charge in [0.2, 0.25) is 5.91 Å². The van der Waals surface area contributed by atoms with Gasteiger partial charge in [-0.1, -0.05) is 49.0 Å². The van der Waals surface area contributed by atoms with E-state index in [1.165, 1.54) is 0 Å². The first kappa shape index (κ1) is 17.5. The molecule has 0 saturated carbocycles. The van der Waals surface area contributed by atoms with Crippen molar-refractivity contribution in [2.75, 3.05) is 23.8 Å². The Morgan fingerprint density at radius 2 is 1.73 bits per heavy atom. The lowest BCUT2D eigenvalue weighted by Crippen LogP contribution is -2.22. The third-order valence-corrected chi connectivity index (χ3v) is 3.83. The van der Waals surface area contributed by atoms with Gasteiger partial charge in [0.05, 0.1) is 12.2 Å². The number of nitrogens with one attached hydrogen (secondary N) is 2. The Balaban J connectivity index is 1.61. The zero-order chi connectivity index (χ0) is 18.4. The normalized spacial score (nSPS) is 10.3. The van der Waals surface area contributed by atoms with Gasteiger partial charge in [-0.3, -0.25) is 4.79 Å². The fourth-order valence-corrected chi connectivity index (χ4v) is 2.59. The van der Waals surface area contributed by atoms with E-state index >= 15 is 0 Å². The summed E-state index contributed by atoms with van der Waals surface area (Å²) in [5, 5.41) is 8.28. The molecule has 0 aliphatic rings. The fraction of sp³-hybridized carbons (Fsp3) is 0.136. The van der Waals surface area contributed by atoms with Gasteiger partial charge in [0.15, 0.2) is 0 Å². The second-order valence-electron chi connectivity index (χ2n) is 6.21. The van der Waals surface area contributed by atoms with Crippen LogP contribution in [0.25, 0.3) is 10.8 Å². The zero-order valence-corrected chi connectivity index (χ0v) is 14.8. The van der Waals surface area contributed by atoms with Crippen molar-refractivity contribution < 1.29 is 9.53 Å². The van der Waals surface area contributed by atoms with Gasteiger partial charge in [-0.25, -0.2) is 0 Å². The molecule has 132 valence electrons. The lowest BCUT2D eigenvalue weighted by Gasteiger charge is -2.13. The maximum Gasteiger partial charge on any atom is 0.243 e. The van der Waals surface area contributed by atoms with Gasteiger partial charge in [-0.05, 0) is 47.5 Å². The Morgan fingerprint density at radius 1 is 1.00 bits per heavy atom. The highest BCUT2D eigenvalue weighted by molar-refractivity contribution is 5.96. The summed E-state index contributed by atoms with van der Waals surface area (Å²) in [5.74, 6) is 0.587. The van der Waals surface area contributed by atoms with Gasteiger partial charge in [0.1, 0.15) is 12.4 Å². The molecule has 1 amide bonds. The summed E-state index contributed by atoms with van der Waals surface area (Å²) in [4.78, 5) is 12.3. The zero-order valence-electron chi connectivity index (χ0n) is 14.8. The molecule has 0 aliphatic carbocycles. The smallest absolute Gasteiger partial charge is 0.243 e. The summed E-state index contributed by atoms with van der Waals surface area (Å²) in [5.41, 5.74) is 2.50. The summed E-state index contributed by atoms with van der Waals surface area (Å²) < 4.78 is 5.70. The second-order valence-corrected chi connectivity index (χ2v) is 6.21. The molecule has 0 radical (unpaired) electrons. The molecule has 3 aromatic carbocycles. The van der Waals surface area contributed by atoms with Crippen molar-refractivity contribution in [1.82, 2.24) is 0 Å². The van der Waals surface area contributed by atoms with Crippen LogP contribution in [0.1, 0.15) is 6.92 Å². The maximum absolute atomic E-state index is 12.3. The van der Waals surface area contributed by atoms with Crippen LogP contribution < -0.4 is 15.4 Å². The van der Waals surface area contributed by atoms with Crippen LogP contribution in [0.5, 0.6) is 5.75 Å². The van der Waals surface area contributed by atoms with E-state index in [1.54, 1.807) is 0 Å². The van der Waals surface area contributed by atoms with Crippen LogP contribution in [0.3, 0.4) is 0 Å². The molecule has 0 fully saturated rings. The van der Waals surface area contributed by atoms with Crippen LogP contribution >= 0.6 is 0 Å². The molecule has 0 heterocycles. The minimum Gasteiger partial charge on any atom is -0.487 e. The number of ether oxygens (including phenoxy) is 1. The number of fused-ring (bicyclic) bond motifs is 1. The first-order chi connectivity index (χ1) is 12.6. The van der Waals surface area contributed by atoms with Crippen LogP contribution in [0.15, 0.2) is 78.9 Å². The van der Waals surface area contributed by atoms with Crippen LogP contribution in [0.4, 0.5) is 11.4 Å². The lowest BCUT2D eigenvalue weighted by molar-refractivity contribution is -0.114. The van der Waals surface area contributed by atoms with Crippen molar-refractivity contribution in [2.45, 2.75) is 6.92 Å². The fourth-order valence-electron chi connectivity index (χ4n) is 2.59. The van der Waals surface area contributed by atoms with Crippen molar-refractivity contribution >= 4 is 28.1 Å². The highest BCUT2D eigenvalue weighted by Gasteiger charge is 2.07. The Hall–Kier alpha value is -3.27. The molecule has 0 unspecified atom stereocenters. The molecule has 26 heavy (non-hydrogen) atoms. The maximum atomic E-state index is 12.3. The number of hydrogen-bond donors (Lipinski definition) is 2. The largest absolute Gasteiger partial charge is 0.487 e. The average Bonchev–Trinajstić information content (AvgIpc) is 2.65. The topological polar surface area (TPSA) is 50.4 Å². The van der Waals surface area contributed by atoms with E-state index in [1.807, 2.05) is 73.7 Å². The summed E-state index contributed by atoms with van der Waals surface area (Å²) in [7, 11) is 0. The van der Waals surface area contributed by atoms with Gasteiger partial charge in [0.25, 0.3) is 0 Å². The van der Waals surface area contributed by atoms with E-state index in [-0.39, 0.29) is 12.5 Å². The minimum absolute atomic E-state index is 0.116. The predicted molar refractivity (Wildman–Crippen MR) is 108 cm³/mol. The van der Waals surface area contributed by atoms with Gasteiger partial charge < -0.3 is 15.4 Å². The number of para-hydroxylation sites is 2. The van der Waals surface area contributed by atoms with E-state index in [0.29, 0.717) is 12.4 Å². The summed E-state index contributed by atoms with van der Waals surface area (Å²) >= 11 is 0. The number of rotatable bonds is 7. The number of amides is 1. The number of anilines is 2. The van der Waals surface area contributed by atoms with Crippen LogP contribution in [0.2, 0.25) is 0 Å². The highest BCUT2D eigenvalue weighted by atomic mass is 16.5. The number of hydrogen-bond acceptors (Lipinski definition) is 3. The van der Waals surface area contributed by atoms with E-state index < -0.39 is 0 Å². The number of carbonyl (C=O) groups excluding carboxylic acids is 1. The molecule has 0 spiro atoms. The Bertz CT molecular complexity index is 934. The molecule has 4 heteroatoms. The van der Waals surface area contributed by atoms with Crippen molar-refractivity contribution in [3.63, 3.8) is 0 Å². The molecular formula is C22H22N2O2. The molecule has 0 saturated heterocycles. The van der Waals surface area contributed by atoms with Crippen LogP contribution in [0, 0.1) is 0 Å². The molecule has 0 aliphatic heterocycles. The van der Waals surface area contributed by atoms with Crippen molar-refractivity contribution in [2.24, 2.45) is 0 Å². The van der Waals surface area contributed by atoms with E-state index in [2.05, 4.69) is 17.2 Å². The van der Waals surface area contributed by atoms with Gasteiger partial charge in [0, 0.05) is 5.69 Å². The Kier molecular flexibility index (Phi) is 5.54. The molecule has 0 bridgehead atoms. The van der Waals surface area contributed by atoms with E-state index in [0.717, 1.165) is 27.7 Å². The van der Waals surface area contributed by atoms with Crippen molar-refractivity contribution in [1.29, 1.82) is 0 Å². The Labute approximate surface area is 153 Å². The Morgan fingerprint density at radius 3 is 2.54 bits per heavy atom. The van der Waals surface area contributed by atoms with Gasteiger partial charge in [-0.15, -0.1) is 0 Å². The average molecular weight is 346 g/mol. The summed E-state index contributed by atoms with van der Waals surface area (Å²) in [6, 6.07) is 21.5. The summed E-state index contributed by atoms with van der Waals surface area (Å²) in [6.07, 6.45) is 0. The molecule has 0 aromatic heterocycles. The lowest BCUT2D eigenvalue weighted by atomic mass is 10.1. The number of benzene rings is 3. The first-order valence-corrected chi connectivity index (χ1v) is 8.50. The van der Waals surface area contributed by atoms with Crippen molar-refractivity contribution in [3.05, 3.63) is 78.9 Å². The SMILES string of the molecule is C=C(C)COc1ccccc1NCC(=O)Nc1ccc2ccccc2c1. The molecule has 3 aromatic rings. The van der Waals surface area contributed by atoms with Gasteiger partial charge in [-0.2, -0.15) is 0 Å².